The third-order valence-electron chi connectivity index (χ3n) is 4.62. The molecule has 5 heteroatoms. The van der Waals surface area contributed by atoms with Crippen molar-refractivity contribution in [1.82, 2.24) is 19.7 Å². The smallest absolute Gasteiger partial charge is 0.147 e. The third-order valence-corrected chi connectivity index (χ3v) is 4.62. The molecule has 0 spiro atoms. The van der Waals surface area contributed by atoms with Gasteiger partial charge in [-0.15, -0.1) is 0 Å². The highest BCUT2D eigenvalue weighted by Gasteiger charge is 2.24. The van der Waals surface area contributed by atoms with Gasteiger partial charge in [-0.3, -0.25) is 4.90 Å². The van der Waals surface area contributed by atoms with Crippen molar-refractivity contribution in [3.8, 4) is 5.75 Å². The Balaban J connectivity index is 1.72. The minimum absolute atomic E-state index is 0.523. The van der Waals surface area contributed by atoms with Crippen LogP contribution in [0.4, 0.5) is 0 Å². The first-order chi connectivity index (χ1) is 11.2. The first-order valence-corrected chi connectivity index (χ1v) is 8.41. The molecule has 23 heavy (non-hydrogen) atoms. The molecule has 1 aromatic carbocycles. The minimum Gasteiger partial charge on any atom is -0.497 e. The average Bonchev–Trinajstić information content (AvgIpc) is 2.87. The van der Waals surface area contributed by atoms with E-state index in [-0.39, 0.29) is 0 Å². The van der Waals surface area contributed by atoms with Gasteiger partial charge in [-0.05, 0) is 50.9 Å². The van der Waals surface area contributed by atoms with Gasteiger partial charge >= 0.3 is 0 Å². The SMILES string of the molecule is COc1cccc(CN2CCCCC2Cn2nc(C)nc2C)c1. The van der Waals surface area contributed by atoms with Crippen LogP contribution in [0.1, 0.15) is 36.5 Å². The third kappa shape index (κ3) is 3.91. The van der Waals surface area contributed by atoms with Gasteiger partial charge in [0.2, 0.25) is 0 Å². The molecule has 3 rings (SSSR count). The summed E-state index contributed by atoms with van der Waals surface area (Å²) in [6.45, 7) is 7.04. The van der Waals surface area contributed by atoms with Crippen molar-refractivity contribution in [1.29, 1.82) is 0 Å². The highest BCUT2D eigenvalue weighted by molar-refractivity contribution is 5.28. The summed E-state index contributed by atoms with van der Waals surface area (Å²) in [5.41, 5.74) is 1.31. The Morgan fingerprint density at radius 3 is 2.87 bits per heavy atom. The average molecular weight is 314 g/mol. The fourth-order valence-electron chi connectivity index (χ4n) is 3.41. The van der Waals surface area contributed by atoms with Gasteiger partial charge in [0.1, 0.15) is 17.4 Å². The molecule has 0 saturated carbocycles. The highest BCUT2D eigenvalue weighted by Crippen LogP contribution is 2.22. The maximum Gasteiger partial charge on any atom is 0.147 e. The van der Waals surface area contributed by atoms with Crippen molar-refractivity contribution in [2.24, 2.45) is 0 Å². The molecule has 124 valence electrons. The van der Waals surface area contributed by atoms with E-state index < -0.39 is 0 Å². The topological polar surface area (TPSA) is 43.2 Å². The van der Waals surface area contributed by atoms with Gasteiger partial charge in [0.05, 0.1) is 13.7 Å². The van der Waals surface area contributed by atoms with E-state index in [2.05, 4.69) is 37.9 Å². The fourth-order valence-corrected chi connectivity index (χ4v) is 3.41. The maximum atomic E-state index is 5.34. The molecule has 1 aromatic heterocycles. The van der Waals surface area contributed by atoms with Crippen LogP contribution in [0.2, 0.25) is 0 Å². The predicted molar refractivity (Wildman–Crippen MR) is 90.5 cm³/mol. The quantitative estimate of drug-likeness (QED) is 0.851. The number of likely N-dealkylation sites (tertiary alicyclic amines) is 1. The molecule has 1 aliphatic heterocycles. The Labute approximate surface area is 138 Å². The second-order valence-electron chi connectivity index (χ2n) is 6.36. The number of aromatic nitrogens is 3. The number of piperidine rings is 1. The zero-order valence-corrected chi connectivity index (χ0v) is 14.3. The van der Waals surface area contributed by atoms with Gasteiger partial charge in [-0.25, -0.2) is 9.67 Å². The normalized spacial score (nSPS) is 19.0. The minimum atomic E-state index is 0.523. The summed E-state index contributed by atoms with van der Waals surface area (Å²) in [4.78, 5) is 7.00. The van der Waals surface area contributed by atoms with E-state index in [1.165, 1.54) is 24.8 Å². The molecule has 5 nitrogen and oxygen atoms in total. The van der Waals surface area contributed by atoms with Gasteiger partial charge < -0.3 is 4.74 Å². The van der Waals surface area contributed by atoms with E-state index in [1.54, 1.807) is 7.11 Å². The van der Waals surface area contributed by atoms with Gasteiger partial charge in [-0.1, -0.05) is 18.6 Å². The molecule has 0 N–H and O–H groups in total. The predicted octanol–water partition coefficient (Wildman–Crippen LogP) is 2.96. The van der Waals surface area contributed by atoms with Crippen LogP contribution >= 0.6 is 0 Å². The van der Waals surface area contributed by atoms with Gasteiger partial charge in [0.15, 0.2) is 0 Å². The molecule has 0 aliphatic carbocycles. The second-order valence-corrected chi connectivity index (χ2v) is 6.36. The first-order valence-electron chi connectivity index (χ1n) is 8.41. The lowest BCUT2D eigenvalue weighted by Crippen LogP contribution is -2.41. The van der Waals surface area contributed by atoms with E-state index in [9.17, 15) is 0 Å². The molecule has 0 amide bonds. The number of nitrogens with zero attached hydrogens (tertiary/aromatic N) is 4. The van der Waals surface area contributed by atoms with E-state index in [0.29, 0.717) is 6.04 Å². The Morgan fingerprint density at radius 2 is 2.13 bits per heavy atom. The number of hydrogen-bond acceptors (Lipinski definition) is 4. The largest absolute Gasteiger partial charge is 0.497 e. The molecule has 1 fully saturated rings. The zero-order chi connectivity index (χ0) is 16.2. The molecule has 2 heterocycles. The van der Waals surface area contributed by atoms with Crippen LogP contribution in [-0.2, 0) is 13.1 Å². The van der Waals surface area contributed by atoms with E-state index >= 15 is 0 Å². The number of ether oxygens (including phenoxy) is 1. The number of benzene rings is 1. The molecule has 0 radical (unpaired) electrons. The molecule has 1 aliphatic rings. The molecule has 1 saturated heterocycles. The van der Waals surface area contributed by atoms with Crippen molar-refractivity contribution < 1.29 is 4.74 Å². The van der Waals surface area contributed by atoms with Crippen LogP contribution in [0.25, 0.3) is 0 Å². The second kappa shape index (κ2) is 7.13. The summed E-state index contributed by atoms with van der Waals surface area (Å²) in [5, 5.41) is 4.53. The van der Waals surface area contributed by atoms with Gasteiger partial charge in [-0.2, -0.15) is 5.10 Å². The molecule has 1 atom stereocenters. The molecular weight excluding hydrogens is 288 g/mol. The molecule has 1 unspecified atom stereocenters. The standard InChI is InChI=1S/C18H26N4O/c1-14-19-15(2)22(20-14)13-17-8-4-5-10-21(17)12-16-7-6-9-18(11-16)23-3/h6-7,9,11,17H,4-5,8,10,12-13H2,1-3H3. The molecule has 0 bridgehead atoms. The lowest BCUT2D eigenvalue weighted by atomic mass is 10.0. The Hall–Kier alpha value is -1.88. The van der Waals surface area contributed by atoms with Crippen molar-refractivity contribution in [2.75, 3.05) is 13.7 Å². The van der Waals surface area contributed by atoms with Crippen LogP contribution < -0.4 is 4.74 Å². The van der Waals surface area contributed by atoms with Crippen LogP contribution in [0.5, 0.6) is 5.75 Å². The van der Waals surface area contributed by atoms with Crippen molar-refractivity contribution in [3.63, 3.8) is 0 Å². The Bertz CT molecular complexity index is 652. The summed E-state index contributed by atoms with van der Waals surface area (Å²) < 4.78 is 7.40. The summed E-state index contributed by atoms with van der Waals surface area (Å²) in [7, 11) is 1.72. The van der Waals surface area contributed by atoms with Crippen molar-refractivity contribution in [3.05, 3.63) is 41.5 Å². The van der Waals surface area contributed by atoms with E-state index in [1.807, 2.05) is 19.9 Å². The summed E-state index contributed by atoms with van der Waals surface area (Å²) in [6, 6.07) is 8.90. The van der Waals surface area contributed by atoms with E-state index in [4.69, 9.17) is 4.74 Å². The summed E-state index contributed by atoms with van der Waals surface area (Å²) in [6.07, 6.45) is 3.80. The Kier molecular flexibility index (Phi) is 4.96. The number of methoxy groups -OCH3 is 1. The lowest BCUT2D eigenvalue weighted by Gasteiger charge is -2.35. The number of hydrogen-bond donors (Lipinski definition) is 0. The maximum absolute atomic E-state index is 5.34. The summed E-state index contributed by atoms with van der Waals surface area (Å²) in [5.74, 6) is 2.80. The Morgan fingerprint density at radius 1 is 1.26 bits per heavy atom. The number of aryl methyl sites for hydroxylation is 2. The van der Waals surface area contributed by atoms with Crippen LogP contribution in [-0.4, -0.2) is 39.4 Å². The lowest BCUT2D eigenvalue weighted by molar-refractivity contribution is 0.121. The van der Waals surface area contributed by atoms with Crippen molar-refractivity contribution >= 4 is 0 Å². The fraction of sp³-hybridized carbons (Fsp3) is 0.556. The highest BCUT2D eigenvalue weighted by atomic mass is 16.5. The molecular formula is C18H26N4O. The van der Waals surface area contributed by atoms with Crippen LogP contribution in [0.15, 0.2) is 24.3 Å². The van der Waals surface area contributed by atoms with Gasteiger partial charge in [0.25, 0.3) is 0 Å². The van der Waals surface area contributed by atoms with Gasteiger partial charge in [0, 0.05) is 12.6 Å². The van der Waals surface area contributed by atoms with Crippen LogP contribution in [0, 0.1) is 13.8 Å². The van der Waals surface area contributed by atoms with Crippen molar-refractivity contribution in [2.45, 2.75) is 52.2 Å². The van der Waals surface area contributed by atoms with Crippen LogP contribution in [0.3, 0.4) is 0 Å². The van der Waals surface area contributed by atoms with E-state index in [0.717, 1.165) is 37.0 Å². The first kappa shape index (κ1) is 16.0. The number of rotatable bonds is 5. The monoisotopic (exact) mass is 314 g/mol. The zero-order valence-electron chi connectivity index (χ0n) is 14.3. The molecule has 2 aromatic rings. The summed E-state index contributed by atoms with van der Waals surface area (Å²) >= 11 is 0.